The highest BCUT2D eigenvalue weighted by Crippen LogP contribution is 2.22. The molecule has 1 heterocycles. The molecule has 1 aromatic carbocycles. The van der Waals surface area contributed by atoms with Gasteiger partial charge in [-0.3, -0.25) is 10.2 Å². The molecule has 16 heavy (non-hydrogen) atoms. The lowest BCUT2D eigenvalue weighted by Crippen LogP contribution is -2.03. The van der Waals surface area contributed by atoms with Gasteiger partial charge in [-0.05, 0) is 24.4 Å². The Labute approximate surface area is 103 Å². The van der Waals surface area contributed by atoms with E-state index in [0.717, 1.165) is 5.82 Å². The number of halogens is 1. The fourth-order valence-corrected chi connectivity index (χ4v) is 1.59. The summed E-state index contributed by atoms with van der Waals surface area (Å²) in [5.41, 5.74) is 0. The molecule has 0 spiro atoms. The van der Waals surface area contributed by atoms with Crippen LogP contribution < -0.4 is 4.74 Å². The maximum atomic E-state index is 5.94. The van der Waals surface area contributed by atoms with E-state index in [9.17, 15) is 0 Å². The summed E-state index contributed by atoms with van der Waals surface area (Å²) in [6, 6.07) is 7.36. The first-order valence-corrected chi connectivity index (χ1v) is 5.55. The second kappa shape index (κ2) is 5.14. The minimum absolute atomic E-state index is 0.452. The molecule has 0 atom stereocenters. The molecule has 4 nitrogen and oxygen atoms in total. The maximum absolute atomic E-state index is 5.94. The molecule has 2 N–H and O–H groups in total. The number of nitrogens with one attached hydrogen (secondary N) is 2. The summed E-state index contributed by atoms with van der Waals surface area (Å²) in [6.45, 7) is 0.500. The molecular formula is C10H10ClN3OS. The van der Waals surface area contributed by atoms with Crippen LogP contribution in [0.15, 0.2) is 24.3 Å². The van der Waals surface area contributed by atoms with Gasteiger partial charge in [0.1, 0.15) is 11.6 Å². The van der Waals surface area contributed by atoms with Crippen LogP contribution in [0.1, 0.15) is 5.82 Å². The second-order valence-corrected chi connectivity index (χ2v) is 3.94. The minimum Gasteiger partial charge on any atom is -0.492 e. The standard InChI is InChI=1S/C10H10ClN3OS/c11-7-3-1-2-4-8(7)15-6-5-9-12-10(16)14-13-9/h1-4H,5-6H2,(H2,12,13,14,16). The van der Waals surface area contributed by atoms with Gasteiger partial charge in [0.15, 0.2) is 0 Å². The van der Waals surface area contributed by atoms with Crippen LogP contribution in [0.3, 0.4) is 0 Å². The summed E-state index contributed by atoms with van der Waals surface area (Å²) in [4.78, 5) is 4.06. The largest absolute Gasteiger partial charge is 0.492 e. The van der Waals surface area contributed by atoms with Gasteiger partial charge in [0, 0.05) is 6.42 Å². The molecule has 0 aliphatic heterocycles. The van der Waals surface area contributed by atoms with Crippen molar-refractivity contribution in [3.8, 4) is 5.75 Å². The van der Waals surface area contributed by atoms with Crippen molar-refractivity contribution in [1.82, 2.24) is 15.2 Å². The molecule has 0 aliphatic carbocycles. The molecule has 1 aromatic heterocycles. The predicted octanol–water partition coefficient (Wildman–Crippen LogP) is 2.74. The van der Waals surface area contributed by atoms with Gasteiger partial charge in [0.2, 0.25) is 4.77 Å². The first-order valence-electron chi connectivity index (χ1n) is 4.76. The van der Waals surface area contributed by atoms with Crippen molar-refractivity contribution in [2.24, 2.45) is 0 Å². The zero-order chi connectivity index (χ0) is 11.4. The summed E-state index contributed by atoms with van der Waals surface area (Å²) < 4.78 is 5.96. The second-order valence-electron chi connectivity index (χ2n) is 3.14. The fraction of sp³-hybridized carbons (Fsp3) is 0.200. The zero-order valence-corrected chi connectivity index (χ0v) is 9.94. The van der Waals surface area contributed by atoms with E-state index in [4.69, 9.17) is 28.6 Å². The third-order valence-corrected chi connectivity index (χ3v) is 2.49. The van der Waals surface area contributed by atoms with Gasteiger partial charge in [-0.25, -0.2) is 4.98 Å². The topological polar surface area (TPSA) is 53.7 Å². The Morgan fingerprint density at radius 1 is 1.31 bits per heavy atom. The Bertz CT molecular complexity index is 523. The number of nitrogens with zero attached hydrogens (tertiary/aromatic N) is 1. The summed E-state index contributed by atoms with van der Waals surface area (Å²) in [6.07, 6.45) is 0.651. The minimum atomic E-state index is 0.452. The third-order valence-electron chi connectivity index (χ3n) is 1.98. The van der Waals surface area contributed by atoms with Crippen LogP contribution in [0.5, 0.6) is 5.75 Å². The number of H-pyrrole nitrogens is 2. The fourth-order valence-electron chi connectivity index (χ4n) is 1.24. The van der Waals surface area contributed by atoms with Crippen molar-refractivity contribution in [3.05, 3.63) is 39.9 Å². The van der Waals surface area contributed by atoms with Crippen molar-refractivity contribution >= 4 is 23.8 Å². The number of aromatic amines is 2. The third kappa shape index (κ3) is 2.84. The Morgan fingerprint density at radius 2 is 2.12 bits per heavy atom. The van der Waals surface area contributed by atoms with Crippen LogP contribution in [0.2, 0.25) is 5.02 Å². The SMILES string of the molecule is S=c1nc(CCOc2ccccc2Cl)[nH][nH]1. The molecule has 0 fully saturated rings. The van der Waals surface area contributed by atoms with E-state index in [1.54, 1.807) is 6.07 Å². The summed E-state index contributed by atoms with van der Waals surface area (Å²) in [7, 11) is 0. The number of ether oxygens (including phenoxy) is 1. The van der Waals surface area contributed by atoms with E-state index in [2.05, 4.69) is 15.2 Å². The van der Waals surface area contributed by atoms with Crippen molar-refractivity contribution in [1.29, 1.82) is 0 Å². The van der Waals surface area contributed by atoms with Crippen LogP contribution in [0, 0.1) is 4.77 Å². The lowest BCUT2D eigenvalue weighted by Gasteiger charge is -2.05. The molecule has 0 unspecified atom stereocenters. The van der Waals surface area contributed by atoms with E-state index in [1.807, 2.05) is 18.2 Å². The monoisotopic (exact) mass is 255 g/mol. The van der Waals surface area contributed by atoms with Crippen LogP contribution in [0.4, 0.5) is 0 Å². The Morgan fingerprint density at radius 3 is 2.81 bits per heavy atom. The van der Waals surface area contributed by atoms with E-state index < -0.39 is 0 Å². The van der Waals surface area contributed by atoms with Gasteiger partial charge < -0.3 is 4.74 Å². The van der Waals surface area contributed by atoms with Crippen LogP contribution in [-0.4, -0.2) is 21.8 Å². The first-order chi connectivity index (χ1) is 7.75. The number of aromatic nitrogens is 3. The van der Waals surface area contributed by atoms with Crippen molar-refractivity contribution < 1.29 is 4.74 Å². The molecule has 6 heteroatoms. The van der Waals surface area contributed by atoms with Crippen molar-refractivity contribution in [3.63, 3.8) is 0 Å². The van der Waals surface area contributed by atoms with E-state index in [-0.39, 0.29) is 0 Å². The van der Waals surface area contributed by atoms with E-state index in [0.29, 0.717) is 28.6 Å². The number of benzene rings is 1. The Balaban J connectivity index is 1.89. The number of hydrogen-bond donors (Lipinski definition) is 2. The number of hydrogen-bond acceptors (Lipinski definition) is 3. The van der Waals surface area contributed by atoms with Crippen LogP contribution in [-0.2, 0) is 6.42 Å². The lowest BCUT2D eigenvalue weighted by molar-refractivity contribution is 0.319. The van der Waals surface area contributed by atoms with Crippen LogP contribution >= 0.6 is 23.8 Å². The molecule has 2 rings (SSSR count). The van der Waals surface area contributed by atoms with Gasteiger partial charge in [0.25, 0.3) is 0 Å². The molecule has 0 saturated carbocycles. The highest BCUT2D eigenvalue weighted by atomic mass is 35.5. The smallest absolute Gasteiger partial charge is 0.213 e. The average Bonchev–Trinajstić information content (AvgIpc) is 2.67. The Kier molecular flexibility index (Phi) is 3.58. The summed E-state index contributed by atoms with van der Waals surface area (Å²) >= 11 is 10.8. The highest BCUT2D eigenvalue weighted by Gasteiger charge is 2.01. The Hall–Kier alpha value is -1.33. The summed E-state index contributed by atoms with van der Waals surface area (Å²) in [5, 5.41) is 6.19. The lowest BCUT2D eigenvalue weighted by atomic mass is 10.3. The number of rotatable bonds is 4. The maximum Gasteiger partial charge on any atom is 0.213 e. The molecule has 2 aromatic rings. The molecular weight excluding hydrogens is 246 g/mol. The van der Waals surface area contributed by atoms with Crippen molar-refractivity contribution in [2.75, 3.05) is 6.61 Å². The van der Waals surface area contributed by atoms with Gasteiger partial charge in [-0.15, -0.1) is 0 Å². The molecule has 0 aliphatic rings. The normalized spacial score (nSPS) is 10.3. The molecule has 84 valence electrons. The van der Waals surface area contributed by atoms with Gasteiger partial charge in [-0.1, -0.05) is 23.7 Å². The van der Waals surface area contributed by atoms with Crippen molar-refractivity contribution in [2.45, 2.75) is 6.42 Å². The molecule has 0 bridgehead atoms. The van der Waals surface area contributed by atoms with Gasteiger partial charge in [0.05, 0.1) is 11.6 Å². The first kappa shape index (κ1) is 11.2. The zero-order valence-electron chi connectivity index (χ0n) is 8.37. The highest BCUT2D eigenvalue weighted by molar-refractivity contribution is 7.71. The predicted molar refractivity (Wildman–Crippen MR) is 64.4 cm³/mol. The molecule has 0 amide bonds. The quantitative estimate of drug-likeness (QED) is 0.826. The number of para-hydroxylation sites is 1. The average molecular weight is 256 g/mol. The molecule has 0 radical (unpaired) electrons. The van der Waals surface area contributed by atoms with Gasteiger partial charge >= 0.3 is 0 Å². The van der Waals surface area contributed by atoms with E-state index >= 15 is 0 Å². The van der Waals surface area contributed by atoms with Crippen LogP contribution in [0.25, 0.3) is 0 Å². The van der Waals surface area contributed by atoms with Gasteiger partial charge in [-0.2, -0.15) is 0 Å². The summed E-state index contributed by atoms with van der Waals surface area (Å²) in [5.74, 6) is 1.45. The van der Waals surface area contributed by atoms with E-state index in [1.165, 1.54) is 0 Å². The molecule has 0 saturated heterocycles.